The zero-order valence-corrected chi connectivity index (χ0v) is 13.7. The van der Waals surface area contributed by atoms with Crippen molar-refractivity contribution in [3.8, 4) is 0 Å². The second kappa shape index (κ2) is 5.64. The van der Waals surface area contributed by atoms with Gasteiger partial charge in [0, 0.05) is 5.92 Å². The molecule has 1 aliphatic rings. The minimum atomic E-state index is -0.284. The summed E-state index contributed by atoms with van der Waals surface area (Å²) in [6.07, 6.45) is 2.21. The minimum Gasteiger partial charge on any atom is -0.465 e. The zero-order chi connectivity index (χ0) is 16.7. The molecule has 0 spiro atoms. The standard InChI is InChI=1S/C22H18O2/c1-14-13-16-8-4-6-10-18(16)20(14)21-17-9-5-3-7-15(17)11-12-19(21)22(23)24-2/h3-13,20H,1-2H3. The van der Waals surface area contributed by atoms with Crippen molar-refractivity contribution in [3.05, 3.63) is 88.5 Å². The van der Waals surface area contributed by atoms with Crippen molar-refractivity contribution in [1.29, 1.82) is 0 Å². The topological polar surface area (TPSA) is 26.3 Å². The number of fused-ring (bicyclic) bond motifs is 2. The van der Waals surface area contributed by atoms with Crippen LogP contribution in [0.2, 0.25) is 0 Å². The van der Waals surface area contributed by atoms with Crippen LogP contribution in [0.15, 0.2) is 66.2 Å². The van der Waals surface area contributed by atoms with Crippen LogP contribution in [-0.2, 0) is 4.74 Å². The molecule has 0 fully saturated rings. The van der Waals surface area contributed by atoms with E-state index in [2.05, 4.69) is 49.4 Å². The van der Waals surface area contributed by atoms with Crippen LogP contribution in [0.5, 0.6) is 0 Å². The van der Waals surface area contributed by atoms with Gasteiger partial charge in [-0.05, 0) is 40.5 Å². The van der Waals surface area contributed by atoms with Gasteiger partial charge in [-0.1, -0.05) is 66.2 Å². The van der Waals surface area contributed by atoms with Gasteiger partial charge in [0.2, 0.25) is 0 Å². The van der Waals surface area contributed by atoms with Crippen molar-refractivity contribution in [1.82, 2.24) is 0 Å². The molecule has 1 atom stereocenters. The Balaban J connectivity index is 2.05. The van der Waals surface area contributed by atoms with E-state index < -0.39 is 0 Å². The number of carbonyl (C=O) groups excluding carboxylic acids is 1. The summed E-state index contributed by atoms with van der Waals surface area (Å²) in [5.41, 5.74) is 5.40. The quantitative estimate of drug-likeness (QED) is 0.610. The summed E-state index contributed by atoms with van der Waals surface area (Å²) in [5, 5.41) is 2.24. The third-order valence-electron chi connectivity index (χ3n) is 4.81. The number of ether oxygens (including phenoxy) is 1. The van der Waals surface area contributed by atoms with E-state index in [9.17, 15) is 4.79 Å². The summed E-state index contributed by atoms with van der Waals surface area (Å²) in [4.78, 5) is 12.4. The molecule has 0 heterocycles. The van der Waals surface area contributed by atoms with Crippen molar-refractivity contribution in [2.45, 2.75) is 12.8 Å². The lowest BCUT2D eigenvalue weighted by molar-refractivity contribution is 0.0599. The maximum absolute atomic E-state index is 12.4. The zero-order valence-electron chi connectivity index (χ0n) is 13.7. The molecule has 0 bridgehead atoms. The molecule has 0 radical (unpaired) electrons. The molecular weight excluding hydrogens is 296 g/mol. The van der Waals surface area contributed by atoms with Gasteiger partial charge in [0.1, 0.15) is 0 Å². The van der Waals surface area contributed by atoms with Crippen LogP contribution < -0.4 is 0 Å². The Kier molecular flexibility index (Phi) is 3.46. The highest BCUT2D eigenvalue weighted by Crippen LogP contribution is 2.44. The van der Waals surface area contributed by atoms with Gasteiger partial charge in [0.05, 0.1) is 12.7 Å². The largest absolute Gasteiger partial charge is 0.465 e. The molecule has 0 aliphatic heterocycles. The predicted molar refractivity (Wildman–Crippen MR) is 97.2 cm³/mol. The van der Waals surface area contributed by atoms with Gasteiger partial charge < -0.3 is 4.74 Å². The summed E-state index contributed by atoms with van der Waals surface area (Å²) < 4.78 is 5.05. The molecule has 0 saturated carbocycles. The number of carbonyl (C=O) groups is 1. The van der Waals surface area contributed by atoms with E-state index in [4.69, 9.17) is 4.74 Å². The fourth-order valence-corrected chi connectivity index (χ4v) is 3.76. The van der Waals surface area contributed by atoms with Gasteiger partial charge in [0.15, 0.2) is 0 Å². The Morgan fingerprint density at radius 1 is 0.958 bits per heavy atom. The SMILES string of the molecule is COC(=O)c1ccc2ccccc2c1C1C(C)=Cc2ccccc21. The molecule has 2 nitrogen and oxygen atoms in total. The van der Waals surface area contributed by atoms with Crippen molar-refractivity contribution >= 4 is 22.8 Å². The van der Waals surface area contributed by atoms with Gasteiger partial charge in [-0.25, -0.2) is 4.79 Å². The van der Waals surface area contributed by atoms with E-state index in [0.29, 0.717) is 5.56 Å². The Bertz CT molecular complexity index is 982. The first-order valence-corrected chi connectivity index (χ1v) is 8.08. The second-order valence-corrected chi connectivity index (χ2v) is 6.19. The molecule has 3 aromatic rings. The highest BCUT2D eigenvalue weighted by molar-refractivity contribution is 6.00. The van der Waals surface area contributed by atoms with Gasteiger partial charge in [-0.3, -0.25) is 0 Å². The van der Waals surface area contributed by atoms with Crippen LogP contribution in [0, 0.1) is 0 Å². The molecule has 118 valence electrons. The Hall–Kier alpha value is -2.87. The third kappa shape index (κ3) is 2.15. The molecule has 24 heavy (non-hydrogen) atoms. The molecule has 1 aliphatic carbocycles. The number of benzene rings is 3. The van der Waals surface area contributed by atoms with Crippen molar-refractivity contribution in [2.75, 3.05) is 7.11 Å². The van der Waals surface area contributed by atoms with Gasteiger partial charge >= 0.3 is 5.97 Å². The molecule has 1 unspecified atom stereocenters. The highest BCUT2D eigenvalue weighted by Gasteiger charge is 2.29. The van der Waals surface area contributed by atoms with Gasteiger partial charge in [0.25, 0.3) is 0 Å². The normalized spacial score (nSPS) is 15.9. The van der Waals surface area contributed by atoms with Crippen LogP contribution in [-0.4, -0.2) is 13.1 Å². The van der Waals surface area contributed by atoms with Crippen molar-refractivity contribution < 1.29 is 9.53 Å². The number of hydrogen-bond donors (Lipinski definition) is 0. The first-order valence-electron chi connectivity index (χ1n) is 8.08. The predicted octanol–water partition coefficient (Wildman–Crippen LogP) is 5.18. The van der Waals surface area contributed by atoms with Crippen LogP contribution in [0.3, 0.4) is 0 Å². The van der Waals surface area contributed by atoms with Gasteiger partial charge in [-0.15, -0.1) is 0 Å². The smallest absolute Gasteiger partial charge is 0.338 e. The lowest BCUT2D eigenvalue weighted by atomic mass is 9.83. The van der Waals surface area contributed by atoms with E-state index in [1.54, 1.807) is 0 Å². The van der Waals surface area contributed by atoms with Crippen LogP contribution in [0.1, 0.15) is 39.9 Å². The molecule has 4 rings (SSSR count). The van der Waals surface area contributed by atoms with E-state index in [-0.39, 0.29) is 11.9 Å². The maximum Gasteiger partial charge on any atom is 0.338 e. The fourth-order valence-electron chi connectivity index (χ4n) is 3.76. The Morgan fingerprint density at radius 2 is 1.71 bits per heavy atom. The number of rotatable bonds is 2. The second-order valence-electron chi connectivity index (χ2n) is 6.19. The molecule has 3 aromatic carbocycles. The average Bonchev–Trinajstić information content (AvgIpc) is 2.95. The van der Waals surface area contributed by atoms with Crippen LogP contribution in [0.4, 0.5) is 0 Å². The van der Waals surface area contributed by atoms with E-state index in [0.717, 1.165) is 16.3 Å². The number of allylic oxidation sites excluding steroid dienone is 1. The first kappa shape index (κ1) is 14.7. The van der Waals surface area contributed by atoms with E-state index in [1.807, 2.05) is 24.3 Å². The number of hydrogen-bond acceptors (Lipinski definition) is 2. The molecule has 2 heteroatoms. The Morgan fingerprint density at radius 3 is 2.54 bits per heavy atom. The third-order valence-corrected chi connectivity index (χ3v) is 4.81. The lowest BCUT2D eigenvalue weighted by Gasteiger charge is -2.20. The van der Waals surface area contributed by atoms with Crippen LogP contribution >= 0.6 is 0 Å². The van der Waals surface area contributed by atoms with E-state index in [1.165, 1.54) is 23.8 Å². The van der Waals surface area contributed by atoms with E-state index >= 15 is 0 Å². The summed E-state index contributed by atoms with van der Waals surface area (Å²) in [5.74, 6) is -0.200. The van der Waals surface area contributed by atoms with Crippen molar-refractivity contribution in [2.24, 2.45) is 0 Å². The molecule has 0 saturated heterocycles. The maximum atomic E-state index is 12.4. The summed E-state index contributed by atoms with van der Waals surface area (Å²) in [7, 11) is 1.44. The summed E-state index contributed by atoms with van der Waals surface area (Å²) in [6.45, 7) is 2.13. The Labute approximate surface area is 141 Å². The minimum absolute atomic E-state index is 0.0846. The fraction of sp³-hybridized carbons (Fsp3) is 0.136. The molecule has 0 amide bonds. The summed E-state index contributed by atoms with van der Waals surface area (Å²) in [6, 6.07) is 20.5. The first-order chi connectivity index (χ1) is 11.7. The highest BCUT2D eigenvalue weighted by atomic mass is 16.5. The van der Waals surface area contributed by atoms with Crippen molar-refractivity contribution in [3.63, 3.8) is 0 Å². The van der Waals surface area contributed by atoms with Gasteiger partial charge in [-0.2, -0.15) is 0 Å². The molecule has 0 N–H and O–H groups in total. The van der Waals surface area contributed by atoms with Crippen LogP contribution in [0.25, 0.3) is 16.8 Å². The molecule has 0 aromatic heterocycles. The monoisotopic (exact) mass is 314 g/mol. The number of methoxy groups -OCH3 is 1. The average molecular weight is 314 g/mol. The summed E-state index contributed by atoms with van der Waals surface area (Å²) >= 11 is 0. The lowest BCUT2D eigenvalue weighted by Crippen LogP contribution is -2.11. The number of esters is 1. The molecular formula is C22H18O2.